The summed E-state index contributed by atoms with van der Waals surface area (Å²) in [7, 11) is 0. The number of benzene rings is 2. The van der Waals surface area contributed by atoms with E-state index in [1.165, 1.54) is 0 Å². The number of amides is 1. The van der Waals surface area contributed by atoms with Gasteiger partial charge < -0.3 is 20.1 Å². The van der Waals surface area contributed by atoms with Gasteiger partial charge in [0.15, 0.2) is 5.11 Å². The minimum Gasteiger partial charge on any atom is -0.353 e. The lowest BCUT2D eigenvalue weighted by atomic mass is 10.1. The summed E-state index contributed by atoms with van der Waals surface area (Å²) in [6, 6.07) is 13.1. The molecule has 2 N–H and O–H groups in total. The van der Waals surface area contributed by atoms with E-state index in [0.717, 1.165) is 35.5 Å². The van der Waals surface area contributed by atoms with E-state index in [2.05, 4.69) is 20.8 Å². The lowest BCUT2D eigenvalue weighted by Gasteiger charge is -2.20. The van der Waals surface area contributed by atoms with Gasteiger partial charge >= 0.3 is 0 Å². The first kappa shape index (κ1) is 20.3. The first-order chi connectivity index (χ1) is 14.5. The van der Waals surface area contributed by atoms with Crippen LogP contribution in [0.3, 0.4) is 0 Å². The Morgan fingerprint density at radius 3 is 2.80 bits per heavy atom. The Bertz CT molecular complexity index is 1080. The number of hydrogen-bond donors (Lipinski definition) is 2. The second-order valence-electron chi connectivity index (χ2n) is 6.98. The third-order valence-electron chi connectivity index (χ3n) is 4.80. The summed E-state index contributed by atoms with van der Waals surface area (Å²) in [4.78, 5) is 18.3. The molecule has 1 aliphatic heterocycles. The number of carbonyl (C=O) groups excluding carboxylic acids is 1. The third-order valence-corrected chi connectivity index (χ3v) is 5.30. The van der Waals surface area contributed by atoms with Crippen LogP contribution >= 0.6 is 23.8 Å². The fraction of sp³-hybridized carbons (Fsp3) is 0.238. The second-order valence-corrected chi connectivity index (χ2v) is 7.82. The maximum atomic E-state index is 12.1. The van der Waals surface area contributed by atoms with Crippen molar-refractivity contribution in [3.63, 3.8) is 0 Å². The quantitative estimate of drug-likeness (QED) is 0.570. The van der Waals surface area contributed by atoms with Crippen LogP contribution in [0.5, 0.6) is 0 Å². The molecule has 30 heavy (non-hydrogen) atoms. The summed E-state index contributed by atoms with van der Waals surface area (Å²) in [5, 5.41) is 11.2. The molecular weight excluding hydrogens is 422 g/mol. The normalized spacial score (nSPS) is 13.5. The molecule has 0 atom stereocenters. The minimum atomic E-state index is 0.156. The molecule has 7 nitrogen and oxygen atoms in total. The Balaban J connectivity index is 1.36. The molecular formula is C21H20ClN5O2S. The van der Waals surface area contributed by atoms with Crippen LogP contribution in [0.25, 0.3) is 11.4 Å². The van der Waals surface area contributed by atoms with E-state index < -0.39 is 0 Å². The Morgan fingerprint density at radius 1 is 1.27 bits per heavy atom. The summed E-state index contributed by atoms with van der Waals surface area (Å²) in [6.07, 6.45) is 1.48. The molecule has 0 saturated carbocycles. The lowest BCUT2D eigenvalue weighted by Crippen LogP contribution is -2.28. The fourth-order valence-corrected chi connectivity index (χ4v) is 3.57. The zero-order valence-corrected chi connectivity index (χ0v) is 17.9. The highest BCUT2D eigenvalue weighted by atomic mass is 35.5. The van der Waals surface area contributed by atoms with Gasteiger partial charge in [-0.15, -0.1) is 0 Å². The molecule has 9 heteroatoms. The number of hydrogen-bond acceptors (Lipinski definition) is 5. The number of thiocarbonyl (C=S) groups is 1. The van der Waals surface area contributed by atoms with Gasteiger partial charge in [-0.1, -0.05) is 22.8 Å². The van der Waals surface area contributed by atoms with Gasteiger partial charge in [-0.25, -0.2) is 0 Å². The smallest absolute Gasteiger partial charge is 0.246 e. The number of rotatable bonds is 5. The highest BCUT2D eigenvalue weighted by Gasteiger charge is 2.23. The van der Waals surface area contributed by atoms with Crippen LogP contribution in [0.2, 0.25) is 5.02 Å². The summed E-state index contributed by atoms with van der Waals surface area (Å²) < 4.78 is 5.28. The molecule has 0 aliphatic carbocycles. The average molecular weight is 442 g/mol. The zero-order valence-electron chi connectivity index (χ0n) is 16.3. The van der Waals surface area contributed by atoms with Crippen LogP contribution in [-0.2, 0) is 11.3 Å². The topological polar surface area (TPSA) is 83.3 Å². The fourth-order valence-electron chi connectivity index (χ4n) is 3.25. The van der Waals surface area contributed by atoms with Crippen molar-refractivity contribution in [3.05, 3.63) is 58.9 Å². The second kappa shape index (κ2) is 8.81. The highest BCUT2D eigenvalue weighted by Crippen LogP contribution is 2.28. The van der Waals surface area contributed by atoms with Crippen LogP contribution in [0, 0.1) is 6.92 Å². The molecule has 1 aromatic heterocycles. The third kappa shape index (κ3) is 4.60. The average Bonchev–Trinajstić information content (AvgIpc) is 3.38. The van der Waals surface area contributed by atoms with Gasteiger partial charge in [-0.3, -0.25) is 4.79 Å². The molecule has 1 fully saturated rings. The summed E-state index contributed by atoms with van der Waals surface area (Å²) in [5.74, 6) is 1.06. The largest absolute Gasteiger partial charge is 0.353 e. The lowest BCUT2D eigenvalue weighted by molar-refractivity contribution is -0.117. The van der Waals surface area contributed by atoms with Crippen LogP contribution in [0.1, 0.15) is 24.3 Å². The Labute approximate surface area is 184 Å². The predicted octanol–water partition coefficient (Wildman–Crippen LogP) is 4.31. The molecule has 0 bridgehead atoms. The molecule has 0 unspecified atom stereocenters. The van der Waals surface area contributed by atoms with E-state index in [1.54, 1.807) is 12.1 Å². The molecule has 0 radical (unpaired) electrons. The van der Waals surface area contributed by atoms with Gasteiger partial charge in [-0.05, 0) is 67.5 Å². The monoisotopic (exact) mass is 441 g/mol. The van der Waals surface area contributed by atoms with Crippen LogP contribution in [0.4, 0.5) is 11.4 Å². The highest BCUT2D eigenvalue weighted by molar-refractivity contribution is 7.80. The zero-order chi connectivity index (χ0) is 21.1. The summed E-state index contributed by atoms with van der Waals surface area (Å²) in [6.45, 7) is 3.03. The van der Waals surface area contributed by atoms with E-state index in [1.807, 2.05) is 42.2 Å². The molecule has 1 amide bonds. The van der Waals surface area contributed by atoms with Gasteiger partial charge in [0.25, 0.3) is 0 Å². The molecule has 2 aromatic carbocycles. The van der Waals surface area contributed by atoms with Crippen molar-refractivity contribution < 1.29 is 9.32 Å². The van der Waals surface area contributed by atoms with Gasteiger partial charge in [0, 0.05) is 34.9 Å². The minimum absolute atomic E-state index is 0.156. The van der Waals surface area contributed by atoms with Crippen molar-refractivity contribution in [1.82, 2.24) is 15.5 Å². The number of carbonyl (C=O) groups is 1. The predicted molar refractivity (Wildman–Crippen MR) is 121 cm³/mol. The maximum Gasteiger partial charge on any atom is 0.246 e. The molecule has 154 valence electrons. The first-order valence-electron chi connectivity index (χ1n) is 9.54. The molecule has 0 spiro atoms. The van der Waals surface area contributed by atoms with Crippen molar-refractivity contribution in [3.8, 4) is 11.4 Å². The van der Waals surface area contributed by atoms with E-state index in [4.69, 9.17) is 28.3 Å². The SMILES string of the molecule is Cc1ccc(NC(=S)NCc2nc(-c3ccc(Cl)cc3)no2)cc1N1CCCC1=O. The van der Waals surface area contributed by atoms with Gasteiger partial charge in [0.1, 0.15) is 0 Å². The van der Waals surface area contributed by atoms with Gasteiger partial charge in [-0.2, -0.15) is 4.98 Å². The van der Waals surface area contributed by atoms with Crippen molar-refractivity contribution in [2.24, 2.45) is 0 Å². The summed E-state index contributed by atoms with van der Waals surface area (Å²) in [5.41, 5.74) is 3.59. The Kier molecular flexibility index (Phi) is 5.96. The van der Waals surface area contributed by atoms with Gasteiger partial charge in [0.2, 0.25) is 17.6 Å². The number of halogens is 1. The van der Waals surface area contributed by atoms with Crippen molar-refractivity contribution in [1.29, 1.82) is 0 Å². The number of aryl methyl sites for hydroxylation is 1. The van der Waals surface area contributed by atoms with Gasteiger partial charge in [0.05, 0.1) is 6.54 Å². The molecule has 1 saturated heterocycles. The van der Waals surface area contributed by atoms with Crippen molar-refractivity contribution in [2.75, 3.05) is 16.8 Å². The maximum absolute atomic E-state index is 12.1. The van der Waals surface area contributed by atoms with Crippen LogP contribution in [-0.4, -0.2) is 27.7 Å². The molecule has 2 heterocycles. The Morgan fingerprint density at radius 2 is 2.07 bits per heavy atom. The number of nitrogens with zero attached hydrogens (tertiary/aromatic N) is 3. The summed E-state index contributed by atoms with van der Waals surface area (Å²) >= 11 is 11.3. The molecule has 3 aromatic rings. The number of aromatic nitrogens is 2. The van der Waals surface area contributed by atoms with E-state index >= 15 is 0 Å². The number of nitrogens with one attached hydrogen (secondary N) is 2. The number of anilines is 2. The van der Waals surface area contributed by atoms with Crippen LogP contribution < -0.4 is 15.5 Å². The molecule has 1 aliphatic rings. The Hall–Kier alpha value is -2.97. The van der Waals surface area contributed by atoms with Crippen molar-refractivity contribution in [2.45, 2.75) is 26.3 Å². The van der Waals surface area contributed by atoms with Crippen LogP contribution in [0.15, 0.2) is 47.0 Å². The van der Waals surface area contributed by atoms with E-state index in [0.29, 0.717) is 28.3 Å². The van der Waals surface area contributed by atoms with E-state index in [9.17, 15) is 4.79 Å². The first-order valence-corrected chi connectivity index (χ1v) is 10.3. The van der Waals surface area contributed by atoms with E-state index in [-0.39, 0.29) is 12.5 Å². The van der Waals surface area contributed by atoms with Crippen molar-refractivity contribution >= 4 is 46.2 Å². The molecule has 4 rings (SSSR count). The standard InChI is InChI=1S/C21H20ClN5O2S/c1-13-4-9-16(11-17(13)27-10-2-3-19(27)28)24-21(30)23-12-18-25-20(26-29-18)14-5-7-15(22)8-6-14/h4-9,11H,2-3,10,12H2,1H3,(H2,23,24,30).